The Bertz CT molecular complexity index is 750. The van der Waals surface area contributed by atoms with Crippen molar-refractivity contribution in [2.75, 3.05) is 32.2 Å². The number of thioether (sulfide) groups is 1. The maximum Gasteiger partial charge on any atom is 0.191 e. The van der Waals surface area contributed by atoms with Crippen LogP contribution in [-0.4, -0.2) is 52.9 Å². The van der Waals surface area contributed by atoms with Crippen LogP contribution in [0.15, 0.2) is 29.3 Å². The first kappa shape index (κ1) is 26.5. The van der Waals surface area contributed by atoms with Crippen molar-refractivity contribution in [3.8, 4) is 5.75 Å². The van der Waals surface area contributed by atoms with E-state index in [2.05, 4.69) is 39.2 Å². The summed E-state index contributed by atoms with van der Waals surface area (Å²) >= 11 is 1.86. The molecule has 7 nitrogen and oxygen atoms in total. The lowest BCUT2D eigenvalue weighted by Gasteiger charge is -2.12. The number of aliphatic imine (C=N–C) groups is 1. The van der Waals surface area contributed by atoms with E-state index in [1.54, 1.807) is 7.11 Å². The Morgan fingerprint density at radius 3 is 2.40 bits per heavy atom. The van der Waals surface area contributed by atoms with Gasteiger partial charge in [0.2, 0.25) is 0 Å². The largest absolute Gasteiger partial charge is 0.497 e. The van der Waals surface area contributed by atoms with Crippen LogP contribution in [0.1, 0.15) is 36.5 Å². The van der Waals surface area contributed by atoms with E-state index in [1.807, 2.05) is 42.4 Å². The number of guanidine groups is 1. The molecule has 1 aromatic carbocycles. The predicted molar refractivity (Wildman–Crippen MR) is 137 cm³/mol. The second-order valence-corrected chi connectivity index (χ2v) is 7.88. The van der Waals surface area contributed by atoms with E-state index < -0.39 is 0 Å². The Labute approximate surface area is 201 Å². The summed E-state index contributed by atoms with van der Waals surface area (Å²) in [6.07, 6.45) is 6.52. The Hall–Kier alpha value is -1.49. The molecule has 1 heterocycles. The van der Waals surface area contributed by atoms with Crippen molar-refractivity contribution < 1.29 is 4.74 Å². The molecule has 0 amide bonds. The number of aryl methyl sites for hydroxylation is 2. The summed E-state index contributed by atoms with van der Waals surface area (Å²) in [5.74, 6) is 4.66. The summed E-state index contributed by atoms with van der Waals surface area (Å²) in [6, 6.07) is 8.31. The molecule has 9 heteroatoms. The van der Waals surface area contributed by atoms with Crippen molar-refractivity contribution in [1.82, 2.24) is 25.4 Å². The third-order valence-electron chi connectivity index (χ3n) is 4.72. The fraction of sp³-hybridized carbons (Fsp3) is 0.571. The molecule has 30 heavy (non-hydrogen) atoms. The van der Waals surface area contributed by atoms with Crippen molar-refractivity contribution in [3.63, 3.8) is 0 Å². The highest BCUT2D eigenvalue weighted by Crippen LogP contribution is 2.13. The van der Waals surface area contributed by atoms with E-state index in [1.165, 1.54) is 5.56 Å². The molecular formula is C21H35IN6OS. The standard InChI is InChI=1S/C21H34N6OS.HI/c1-17-25-26-20(27(17)2)16-24-21(23-14-7-15-29-4)22-13-6-5-8-18-9-11-19(28-3)12-10-18;/h9-12H,5-8,13-16H2,1-4H3,(H2,22,23,24);1H. The summed E-state index contributed by atoms with van der Waals surface area (Å²) in [5, 5.41) is 15.2. The summed E-state index contributed by atoms with van der Waals surface area (Å²) in [7, 11) is 3.67. The molecule has 2 rings (SSSR count). The van der Waals surface area contributed by atoms with Crippen molar-refractivity contribution >= 4 is 41.7 Å². The van der Waals surface area contributed by atoms with Gasteiger partial charge in [-0.25, -0.2) is 4.99 Å². The van der Waals surface area contributed by atoms with Crippen molar-refractivity contribution in [2.24, 2.45) is 12.0 Å². The maximum absolute atomic E-state index is 5.21. The number of nitrogens with zero attached hydrogens (tertiary/aromatic N) is 4. The van der Waals surface area contributed by atoms with Crippen LogP contribution in [0.3, 0.4) is 0 Å². The van der Waals surface area contributed by atoms with Crippen LogP contribution < -0.4 is 15.4 Å². The predicted octanol–water partition coefficient (Wildman–Crippen LogP) is 3.56. The molecule has 0 spiro atoms. The third-order valence-corrected chi connectivity index (χ3v) is 5.42. The molecule has 0 aliphatic rings. The summed E-state index contributed by atoms with van der Waals surface area (Å²) in [5.41, 5.74) is 1.34. The second-order valence-electron chi connectivity index (χ2n) is 6.89. The quantitative estimate of drug-likeness (QED) is 0.184. The Balaban J connectivity index is 0.00000450. The number of halogens is 1. The molecule has 0 aliphatic heterocycles. The molecule has 168 valence electrons. The molecule has 1 aromatic heterocycles. The minimum atomic E-state index is 0. The molecule has 0 unspecified atom stereocenters. The first-order chi connectivity index (χ1) is 14.1. The molecule has 0 atom stereocenters. The topological polar surface area (TPSA) is 76.4 Å². The van der Waals surface area contributed by atoms with Crippen molar-refractivity contribution in [3.05, 3.63) is 41.5 Å². The van der Waals surface area contributed by atoms with Crippen LogP contribution in [0, 0.1) is 6.92 Å². The molecule has 0 saturated heterocycles. The average Bonchev–Trinajstić information content (AvgIpc) is 3.06. The maximum atomic E-state index is 5.21. The van der Waals surface area contributed by atoms with Gasteiger partial charge in [0.15, 0.2) is 11.8 Å². The fourth-order valence-electron chi connectivity index (χ4n) is 2.79. The van der Waals surface area contributed by atoms with E-state index in [0.717, 1.165) is 67.9 Å². The Kier molecular flexibility index (Phi) is 13.6. The van der Waals surface area contributed by atoms with Gasteiger partial charge in [-0.3, -0.25) is 0 Å². The van der Waals surface area contributed by atoms with Crippen LogP contribution in [0.2, 0.25) is 0 Å². The molecule has 2 aromatic rings. The zero-order valence-corrected chi connectivity index (χ0v) is 21.6. The lowest BCUT2D eigenvalue weighted by Crippen LogP contribution is -2.38. The van der Waals surface area contributed by atoms with Gasteiger partial charge in [-0.1, -0.05) is 12.1 Å². The van der Waals surface area contributed by atoms with E-state index in [0.29, 0.717) is 6.54 Å². The zero-order chi connectivity index (χ0) is 20.9. The van der Waals surface area contributed by atoms with Crippen LogP contribution in [0.4, 0.5) is 0 Å². The summed E-state index contributed by atoms with van der Waals surface area (Å²) in [6.45, 7) is 4.27. The van der Waals surface area contributed by atoms with Crippen LogP contribution in [0.25, 0.3) is 0 Å². The van der Waals surface area contributed by atoms with Crippen molar-refractivity contribution in [1.29, 1.82) is 0 Å². The molecule has 0 aliphatic carbocycles. The number of benzene rings is 1. The Morgan fingerprint density at radius 1 is 1.10 bits per heavy atom. The number of hydrogen-bond acceptors (Lipinski definition) is 5. The highest BCUT2D eigenvalue weighted by Gasteiger charge is 2.05. The van der Waals surface area contributed by atoms with Gasteiger partial charge in [-0.15, -0.1) is 34.2 Å². The minimum Gasteiger partial charge on any atom is -0.497 e. The van der Waals surface area contributed by atoms with Gasteiger partial charge >= 0.3 is 0 Å². The van der Waals surface area contributed by atoms with E-state index >= 15 is 0 Å². The molecule has 0 radical (unpaired) electrons. The smallest absolute Gasteiger partial charge is 0.191 e. The van der Waals surface area contributed by atoms with E-state index in [4.69, 9.17) is 9.73 Å². The lowest BCUT2D eigenvalue weighted by molar-refractivity contribution is 0.414. The first-order valence-electron chi connectivity index (χ1n) is 10.1. The van der Waals surface area contributed by atoms with Crippen LogP contribution in [0.5, 0.6) is 5.75 Å². The SMILES string of the molecule is COc1ccc(CCCCNC(=NCc2nnc(C)n2C)NCCCSC)cc1.I. The van der Waals surface area contributed by atoms with E-state index in [-0.39, 0.29) is 24.0 Å². The number of unbranched alkanes of at least 4 members (excludes halogenated alkanes) is 1. The Morgan fingerprint density at radius 2 is 1.80 bits per heavy atom. The highest BCUT2D eigenvalue weighted by atomic mass is 127. The van der Waals surface area contributed by atoms with Gasteiger partial charge in [-0.05, 0) is 62.3 Å². The first-order valence-corrected chi connectivity index (χ1v) is 11.5. The summed E-state index contributed by atoms with van der Waals surface area (Å²) < 4.78 is 7.18. The second kappa shape index (κ2) is 15.3. The van der Waals surface area contributed by atoms with Crippen LogP contribution >= 0.6 is 35.7 Å². The third kappa shape index (κ3) is 9.55. The molecular weight excluding hydrogens is 511 g/mol. The van der Waals surface area contributed by atoms with Gasteiger partial charge in [0.05, 0.1) is 7.11 Å². The average molecular weight is 547 g/mol. The summed E-state index contributed by atoms with van der Waals surface area (Å²) in [4.78, 5) is 4.69. The number of aromatic nitrogens is 3. The normalized spacial score (nSPS) is 11.1. The number of hydrogen-bond donors (Lipinski definition) is 2. The van der Waals surface area contributed by atoms with Crippen LogP contribution in [-0.2, 0) is 20.0 Å². The molecule has 0 saturated carbocycles. The fourth-order valence-corrected chi connectivity index (χ4v) is 3.22. The lowest BCUT2D eigenvalue weighted by atomic mass is 10.1. The van der Waals surface area contributed by atoms with Gasteiger partial charge in [-0.2, -0.15) is 11.8 Å². The molecule has 2 N–H and O–H groups in total. The monoisotopic (exact) mass is 546 g/mol. The number of ether oxygens (including phenoxy) is 1. The van der Waals surface area contributed by atoms with Crippen molar-refractivity contribution in [2.45, 2.75) is 39.2 Å². The molecule has 0 fully saturated rings. The number of nitrogens with one attached hydrogen (secondary N) is 2. The number of methoxy groups -OCH3 is 1. The minimum absolute atomic E-state index is 0. The zero-order valence-electron chi connectivity index (χ0n) is 18.5. The van der Waals surface area contributed by atoms with E-state index in [9.17, 15) is 0 Å². The highest BCUT2D eigenvalue weighted by molar-refractivity contribution is 14.0. The van der Waals surface area contributed by atoms with Gasteiger partial charge in [0, 0.05) is 20.1 Å². The van der Waals surface area contributed by atoms with Gasteiger partial charge < -0.3 is 19.9 Å². The molecule has 0 bridgehead atoms. The number of rotatable bonds is 12. The van der Waals surface area contributed by atoms with Gasteiger partial charge in [0.25, 0.3) is 0 Å². The van der Waals surface area contributed by atoms with Gasteiger partial charge in [0.1, 0.15) is 18.1 Å².